The summed E-state index contributed by atoms with van der Waals surface area (Å²) in [7, 11) is 0. The second-order valence-corrected chi connectivity index (χ2v) is 8.33. The standard InChI is InChI=1S/C21H40O2/c1-2-21(23,19-15-11-10-12-16-19)20(22)17-13-8-6-4-3-5-7-9-14-18-20/h19,22-23H,2-18H2,1H3. The molecule has 2 saturated carbocycles. The van der Waals surface area contributed by atoms with E-state index < -0.39 is 11.2 Å². The molecule has 2 nitrogen and oxygen atoms in total. The van der Waals surface area contributed by atoms with E-state index in [9.17, 15) is 10.2 Å². The molecule has 0 aromatic rings. The van der Waals surface area contributed by atoms with Crippen molar-refractivity contribution in [2.75, 3.05) is 0 Å². The van der Waals surface area contributed by atoms with Gasteiger partial charge in [0.05, 0.1) is 11.2 Å². The Bertz CT molecular complexity index is 310. The predicted octanol–water partition coefficient (Wildman–Crippen LogP) is 5.74. The normalized spacial score (nSPS) is 28.3. The third-order valence-electron chi connectivity index (χ3n) is 6.81. The Kier molecular flexibility index (Phi) is 7.88. The van der Waals surface area contributed by atoms with E-state index in [2.05, 4.69) is 6.92 Å². The van der Waals surface area contributed by atoms with Gasteiger partial charge in [-0.2, -0.15) is 0 Å². The van der Waals surface area contributed by atoms with Crippen molar-refractivity contribution in [1.29, 1.82) is 0 Å². The molecule has 2 fully saturated rings. The van der Waals surface area contributed by atoms with Crippen LogP contribution >= 0.6 is 0 Å². The summed E-state index contributed by atoms with van der Waals surface area (Å²) in [5.41, 5.74) is -1.72. The van der Waals surface area contributed by atoms with E-state index in [1.807, 2.05) is 0 Å². The van der Waals surface area contributed by atoms with Crippen molar-refractivity contribution in [2.45, 2.75) is 127 Å². The lowest BCUT2D eigenvalue weighted by Crippen LogP contribution is -2.58. The van der Waals surface area contributed by atoms with Gasteiger partial charge in [-0.25, -0.2) is 0 Å². The van der Waals surface area contributed by atoms with Crippen molar-refractivity contribution >= 4 is 0 Å². The van der Waals surface area contributed by atoms with Gasteiger partial charge in [-0.3, -0.25) is 0 Å². The number of rotatable bonds is 3. The summed E-state index contributed by atoms with van der Waals surface area (Å²) in [5.74, 6) is 0.305. The maximum Gasteiger partial charge on any atom is 0.0958 e. The van der Waals surface area contributed by atoms with Gasteiger partial charge in [-0.1, -0.05) is 84.0 Å². The molecule has 23 heavy (non-hydrogen) atoms. The van der Waals surface area contributed by atoms with Gasteiger partial charge < -0.3 is 10.2 Å². The van der Waals surface area contributed by atoms with Crippen LogP contribution in [0.25, 0.3) is 0 Å². The first-order valence-corrected chi connectivity index (χ1v) is 10.6. The summed E-state index contributed by atoms with van der Waals surface area (Å²) in [6, 6.07) is 0. The van der Waals surface area contributed by atoms with Crippen molar-refractivity contribution in [2.24, 2.45) is 5.92 Å². The highest BCUT2D eigenvalue weighted by atomic mass is 16.4. The van der Waals surface area contributed by atoms with Crippen LogP contribution in [-0.4, -0.2) is 21.4 Å². The van der Waals surface area contributed by atoms with Gasteiger partial charge >= 0.3 is 0 Å². The summed E-state index contributed by atoms with van der Waals surface area (Å²) in [5, 5.41) is 23.2. The molecule has 0 spiro atoms. The molecule has 0 aliphatic heterocycles. The van der Waals surface area contributed by atoms with Gasteiger partial charge in [0.1, 0.15) is 0 Å². The topological polar surface area (TPSA) is 40.5 Å². The molecular weight excluding hydrogens is 284 g/mol. The molecule has 136 valence electrons. The fraction of sp³-hybridized carbons (Fsp3) is 1.00. The quantitative estimate of drug-likeness (QED) is 0.694. The zero-order valence-corrected chi connectivity index (χ0v) is 15.5. The van der Waals surface area contributed by atoms with E-state index in [1.54, 1.807) is 0 Å². The van der Waals surface area contributed by atoms with E-state index in [0.29, 0.717) is 12.3 Å². The smallest absolute Gasteiger partial charge is 0.0958 e. The lowest BCUT2D eigenvalue weighted by molar-refractivity contribution is -0.197. The van der Waals surface area contributed by atoms with E-state index >= 15 is 0 Å². The lowest BCUT2D eigenvalue weighted by Gasteiger charge is -2.49. The van der Waals surface area contributed by atoms with Crippen LogP contribution in [-0.2, 0) is 0 Å². The molecule has 0 saturated heterocycles. The highest BCUT2D eigenvalue weighted by Gasteiger charge is 2.51. The third-order valence-corrected chi connectivity index (χ3v) is 6.81. The van der Waals surface area contributed by atoms with Crippen molar-refractivity contribution in [3.8, 4) is 0 Å². The van der Waals surface area contributed by atoms with Crippen molar-refractivity contribution in [3.05, 3.63) is 0 Å². The molecule has 0 bridgehead atoms. The first kappa shape index (κ1) is 19.2. The predicted molar refractivity (Wildman–Crippen MR) is 97.6 cm³/mol. The molecule has 0 radical (unpaired) electrons. The Labute approximate surface area is 144 Å². The SMILES string of the molecule is CCC(O)(C1CCCCC1)C1(O)CCCCCCCCCCC1. The van der Waals surface area contributed by atoms with Crippen LogP contribution in [0.3, 0.4) is 0 Å². The van der Waals surface area contributed by atoms with Crippen LogP contribution in [0.4, 0.5) is 0 Å². The van der Waals surface area contributed by atoms with E-state index in [4.69, 9.17) is 0 Å². The van der Waals surface area contributed by atoms with Crippen molar-refractivity contribution in [1.82, 2.24) is 0 Å². The van der Waals surface area contributed by atoms with Crippen LogP contribution in [0.2, 0.25) is 0 Å². The molecule has 2 heteroatoms. The van der Waals surface area contributed by atoms with Crippen LogP contribution in [0.5, 0.6) is 0 Å². The summed E-state index contributed by atoms with van der Waals surface area (Å²) >= 11 is 0. The molecule has 0 aromatic heterocycles. The summed E-state index contributed by atoms with van der Waals surface area (Å²) in [6.07, 6.45) is 19.5. The molecular formula is C21H40O2. The first-order chi connectivity index (χ1) is 11.1. The van der Waals surface area contributed by atoms with Crippen LogP contribution in [0.15, 0.2) is 0 Å². The van der Waals surface area contributed by atoms with Crippen molar-refractivity contribution in [3.63, 3.8) is 0 Å². The average molecular weight is 325 g/mol. The summed E-state index contributed by atoms with van der Waals surface area (Å²) < 4.78 is 0. The largest absolute Gasteiger partial charge is 0.387 e. The second kappa shape index (κ2) is 9.42. The van der Waals surface area contributed by atoms with E-state index in [-0.39, 0.29) is 0 Å². The molecule has 0 amide bonds. The Hall–Kier alpha value is -0.0800. The number of hydrogen-bond donors (Lipinski definition) is 2. The fourth-order valence-corrected chi connectivity index (χ4v) is 5.21. The van der Waals surface area contributed by atoms with Gasteiger partial charge in [0, 0.05) is 0 Å². The Morgan fingerprint density at radius 2 is 1.13 bits per heavy atom. The minimum Gasteiger partial charge on any atom is -0.387 e. The highest BCUT2D eigenvalue weighted by molar-refractivity contribution is 5.03. The van der Waals surface area contributed by atoms with E-state index in [0.717, 1.165) is 38.5 Å². The zero-order chi connectivity index (χ0) is 16.6. The molecule has 2 aliphatic rings. The Morgan fingerprint density at radius 3 is 1.57 bits per heavy atom. The van der Waals surface area contributed by atoms with Gasteiger partial charge in [-0.15, -0.1) is 0 Å². The second-order valence-electron chi connectivity index (χ2n) is 8.33. The highest BCUT2D eigenvalue weighted by Crippen LogP contribution is 2.45. The Balaban J connectivity index is 2.09. The van der Waals surface area contributed by atoms with Gasteiger partial charge in [0.2, 0.25) is 0 Å². The molecule has 2 aliphatic carbocycles. The first-order valence-electron chi connectivity index (χ1n) is 10.6. The summed E-state index contributed by atoms with van der Waals surface area (Å²) in [4.78, 5) is 0. The van der Waals surface area contributed by atoms with Crippen LogP contribution < -0.4 is 0 Å². The molecule has 1 unspecified atom stereocenters. The summed E-state index contributed by atoms with van der Waals surface area (Å²) in [6.45, 7) is 2.09. The maximum atomic E-state index is 11.6. The monoisotopic (exact) mass is 324 g/mol. The molecule has 0 aromatic carbocycles. The molecule has 2 N–H and O–H groups in total. The van der Waals surface area contributed by atoms with Crippen molar-refractivity contribution < 1.29 is 10.2 Å². The lowest BCUT2D eigenvalue weighted by atomic mass is 9.64. The van der Waals surface area contributed by atoms with Crippen LogP contribution in [0, 0.1) is 5.92 Å². The van der Waals surface area contributed by atoms with Gasteiger partial charge in [0.25, 0.3) is 0 Å². The van der Waals surface area contributed by atoms with Crippen LogP contribution in [0.1, 0.15) is 116 Å². The number of aliphatic hydroxyl groups is 2. The average Bonchev–Trinajstić information content (AvgIpc) is 2.58. The third kappa shape index (κ3) is 4.95. The zero-order valence-electron chi connectivity index (χ0n) is 15.5. The molecule has 0 heterocycles. The van der Waals surface area contributed by atoms with Gasteiger partial charge in [-0.05, 0) is 38.0 Å². The Morgan fingerprint density at radius 1 is 0.739 bits per heavy atom. The molecule has 2 rings (SSSR count). The van der Waals surface area contributed by atoms with E-state index in [1.165, 1.54) is 64.2 Å². The maximum absolute atomic E-state index is 11.6. The fourth-order valence-electron chi connectivity index (χ4n) is 5.21. The minimum atomic E-state index is -0.864. The number of hydrogen-bond acceptors (Lipinski definition) is 2. The minimum absolute atomic E-state index is 0.305. The van der Waals surface area contributed by atoms with Gasteiger partial charge in [0.15, 0.2) is 0 Å². The molecule has 1 atom stereocenters.